The number of carbonyl (C=O) groups excluding carboxylic acids is 1. The fourth-order valence-electron chi connectivity index (χ4n) is 3.83. The first-order chi connectivity index (χ1) is 16.5. The molecule has 3 atom stereocenters. The highest BCUT2D eigenvalue weighted by Gasteiger charge is 2.38. The summed E-state index contributed by atoms with van der Waals surface area (Å²) in [5, 5.41) is 8.78. The van der Waals surface area contributed by atoms with Crippen molar-refractivity contribution in [3.63, 3.8) is 0 Å². The zero-order chi connectivity index (χ0) is 24.8. The van der Waals surface area contributed by atoms with Crippen molar-refractivity contribution in [1.82, 2.24) is 4.90 Å². The molecule has 0 bridgehead atoms. The standard InChI is InChI=1S/C25H39NO8/c1-5-33-25-20(11-13-31-15-16-32-14-12-27)21(19-9-7-6-8-10-19)17-22(34-25)24(28)26(2)18-23(29-3)30-4/h6-10,17,20-21,23,25,27H,5,11-16,18H2,1-4H3/t20-,21+,25+/m1/s1. The van der Waals surface area contributed by atoms with Gasteiger partial charge in [-0.05, 0) is 25.0 Å². The summed E-state index contributed by atoms with van der Waals surface area (Å²) in [6.45, 7) is 4.26. The van der Waals surface area contributed by atoms with Gasteiger partial charge < -0.3 is 38.4 Å². The highest BCUT2D eigenvalue weighted by atomic mass is 16.7. The van der Waals surface area contributed by atoms with Gasteiger partial charge in [0, 0.05) is 46.3 Å². The van der Waals surface area contributed by atoms with Crippen LogP contribution in [0.25, 0.3) is 0 Å². The van der Waals surface area contributed by atoms with Gasteiger partial charge in [-0.25, -0.2) is 0 Å². The summed E-state index contributed by atoms with van der Waals surface area (Å²) in [6.07, 6.45) is 1.43. The minimum atomic E-state index is -0.595. The van der Waals surface area contributed by atoms with E-state index in [1.807, 2.05) is 43.3 Å². The number of likely N-dealkylation sites (N-methyl/N-ethyl adjacent to an activating group) is 1. The minimum absolute atomic E-state index is 0.00558. The van der Waals surface area contributed by atoms with Crippen LogP contribution in [0, 0.1) is 5.92 Å². The van der Waals surface area contributed by atoms with E-state index in [1.54, 1.807) is 7.05 Å². The Hall–Kier alpha value is -2.01. The lowest BCUT2D eigenvalue weighted by molar-refractivity contribution is -0.174. The molecule has 9 nitrogen and oxygen atoms in total. The van der Waals surface area contributed by atoms with Crippen molar-refractivity contribution < 1.29 is 38.3 Å². The van der Waals surface area contributed by atoms with E-state index in [2.05, 4.69) is 0 Å². The minimum Gasteiger partial charge on any atom is -0.459 e. The van der Waals surface area contributed by atoms with E-state index in [-0.39, 0.29) is 36.7 Å². The van der Waals surface area contributed by atoms with E-state index in [1.165, 1.54) is 19.1 Å². The van der Waals surface area contributed by atoms with Crippen LogP contribution in [0.3, 0.4) is 0 Å². The van der Waals surface area contributed by atoms with Crippen LogP contribution in [0.15, 0.2) is 42.2 Å². The number of nitrogens with zero attached hydrogens (tertiary/aromatic N) is 1. The number of allylic oxidation sites excluding steroid dienone is 1. The Labute approximate surface area is 202 Å². The maximum Gasteiger partial charge on any atom is 0.288 e. The molecule has 0 unspecified atom stereocenters. The number of hydrogen-bond donors (Lipinski definition) is 1. The smallest absolute Gasteiger partial charge is 0.288 e. The van der Waals surface area contributed by atoms with Crippen molar-refractivity contribution in [2.75, 3.05) is 67.5 Å². The lowest BCUT2D eigenvalue weighted by atomic mass is 9.81. The van der Waals surface area contributed by atoms with Crippen molar-refractivity contribution in [2.24, 2.45) is 5.92 Å². The first kappa shape index (κ1) is 28.2. The fourth-order valence-corrected chi connectivity index (χ4v) is 3.83. The van der Waals surface area contributed by atoms with E-state index >= 15 is 0 Å². The predicted molar refractivity (Wildman–Crippen MR) is 126 cm³/mol. The first-order valence-electron chi connectivity index (χ1n) is 11.7. The molecule has 1 aliphatic rings. The molecule has 1 aromatic carbocycles. The zero-order valence-corrected chi connectivity index (χ0v) is 20.7. The van der Waals surface area contributed by atoms with E-state index in [9.17, 15) is 4.79 Å². The number of rotatable bonds is 16. The molecule has 0 saturated heterocycles. The largest absolute Gasteiger partial charge is 0.459 e. The lowest BCUT2D eigenvalue weighted by Crippen LogP contribution is -2.42. The highest BCUT2D eigenvalue weighted by Crippen LogP contribution is 2.39. The first-order valence-corrected chi connectivity index (χ1v) is 11.7. The fraction of sp³-hybridized carbons (Fsp3) is 0.640. The Morgan fingerprint density at radius 1 is 1.09 bits per heavy atom. The Morgan fingerprint density at radius 3 is 2.38 bits per heavy atom. The summed E-state index contributed by atoms with van der Waals surface area (Å²) in [5.74, 6) is -0.155. The molecule has 0 fully saturated rings. The van der Waals surface area contributed by atoms with Crippen LogP contribution in [0.1, 0.15) is 24.8 Å². The van der Waals surface area contributed by atoms with Crippen molar-refractivity contribution >= 4 is 5.91 Å². The molecular formula is C25H39NO8. The Bertz CT molecular complexity index is 725. The molecular weight excluding hydrogens is 442 g/mol. The second-order valence-corrected chi connectivity index (χ2v) is 7.90. The van der Waals surface area contributed by atoms with Crippen molar-refractivity contribution in [3.8, 4) is 0 Å². The van der Waals surface area contributed by atoms with Crippen LogP contribution in [-0.4, -0.2) is 95.9 Å². The van der Waals surface area contributed by atoms with Gasteiger partial charge in [-0.1, -0.05) is 30.3 Å². The number of ether oxygens (including phenoxy) is 6. The van der Waals surface area contributed by atoms with Crippen molar-refractivity contribution in [3.05, 3.63) is 47.7 Å². The molecule has 2 rings (SSSR count). The molecule has 0 aliphatic carbocycles. The third kappa shape index (κ3) is 8.65. The third-order valence-corrected chi connectivity index (χ3v) is 5.61. The second kappa shape index (κ2) is 15.8. The molecule has 1 heterocycles. The van der Waals surface area contributed by atoms with Gasteiger partial charge in [-0.15, -0.1) is 0 Å². The number of aliphatic hydroxyl groups is 1. The molecule has 9 heteroatoms. The number of aliphatic hydroxyl groups excluding tert-OH is 1. The summed E-state index contributed by atoms with van der Waals surface area (Å²) in [5.41, 5.74) is 1.08. The SMILES string of the molecule is CCO[C@H]1OC(C(=O)N(C)CC(OC)OC)=C[C@@H](c2ccccc2)[C@H]1CCOCCOCCO. The quantitative estimate of drug-likeness (QED) is 0.284. The number of benzene rings is 1. The van der Waals surface area contributed by atoms with Gasteiger partial charge in [0.1, 0.15) is 0 Å². The van der Waals surface area contributed by atoms with Gasteiger partial charge in [0.15, 0.2) is 12.0 Å². The zero-order valence-electron chi connectivity index (χ0n) is 20.7. The number of amides is 1. The maximum atomic E-state index is 13.2. The molecule has 0 radical (unpaired) electrons. The van der Waals surface area contributed by atoms with Crippen LogP contribution in [0.2, 0.25) is 0 Å². The van der Waals surface area contributed by atoms with Gasteiger partial charge in [0.05, 0.1) is 33.0 Å². The summed E-state index contributed by atoms with van der Waals surface area (Å²) < 4.78 is 33.5. The molecule has 0 aromatic heterocycles. The maximum absolute atomic E-state index is 13.2. The lowest BCUT2D eigenvalue weighted by Gasteiger charge is -2.37. The van der Waals surface area contributed by atoms with E-state index < -0.39 is 12.6 Å². The van der Waals surface area contributed by atoms with Gasteiger partial charge in [0.2, 0.25) is 6.29 Å². The second-order valence-electron chi connectivity index (χ2n) is 7.90. The van der Waals surface area contributed by atoms with Gasteiger partial charge in [-0.2, -0.15) is 0 Å². The number of carbonyl (C=O) groups is 1. The Balaban J connectivity index is 2.18. The topological polar surface area (TPSA) is 95.9 Å². The summed E-state index contributed by atoms with van der Waals surface area (Å²) >= 11 is 0. The molecule has 1 N–H and O–H groups in total. The third-order valence-electron chi connectivity index (χ3n) is 5.61. The van der Waals surface area contributed by atoms with Crippen LogP contribution >= 0.6 is 0 Å². The van der Waals surface area contributed by atoms with Crippen LogP contribution in [-0.2, 0) is 33.2 Å². The molecule has 0 saturated carbocycles. The highest BCUT2D eigenvalue weighted by molar-refractivity contribution is 5.91. The monoisotopic (exact) mass is 481 g/mol. The average molecular weight is 482 g/mol. The van der Waals surface area contributed by atoms with Gasteiger partial charge >= 0.3 is 0 Å². The van der Waals surface area contributed by atoms with Crippen LogP contribution < -0.4 is 0 Å². The van der Waals surface area contributed by atoms with Crippen molar-refractivity contribution in [2.45, 2.75) is 31.8 Å². The number of methoxy groups -OCH3 is 2. The summed E-state index contributed by atoms with van der Waals surface area (Å²) in [4.78, 5) is 14.7. The summed E-state index contributed by atoms with van der Waals surface area (Å²) in [7, 11) is 4.75. The van der Waals surface area contributed by atoms with Gasteiger partial charge in [-0.3, -0.25) is 4.79 Å². The Kier molecular flexibility index (Phi) is 13.1. The van der Waals surface area contributed by atoms with Crippen LogP contribution in [0.5, 0.6) is 0 Å². The predicted octanol–water partition coefficient (Wildman–Crippen LogP) is 2.16. The number of hydrogen-bond acceptors (Lipinski definition) is 8. The normalized spacial score (nSPS) is 20.2. The molecule has 1 amide bonds. The average Bonchev–Trinajstić information content (AvgIpc) is 2.87. The summed E-state index contributed by atoms with van der Waals surface area (Å²) in [6, 6.07) is 10.0. The molecule has 0 spiro atoms. The van der Waals surface area contributed by atoms with E-state index in [4.69, 9.17) is 33.5 Å². The Morgan fingerprint density at radius 2 is 1.76 bits per heavy atom. The van der Waals surface area contributed by atoms with E-state index in [0.717, 1.165) is 5.56 Å². The van der Waals surface area contributed by atoms with E-state index in [0.29, 0.717) is 39.5 Å². The van der Waals surface area contributed by atoms with Crippen molar-refractivity contribution in [1.29, 1.82) is 0 Å². The molecule has 34 heavy (non-hydrogen) atoms. The van der Waals surface area contributed by atoms with Crippen LogP contribution in [0.4, 0.5) is 0 Å². The van der Waals surface area contributed by atoms with Gasteiger partial charge in [0.25, 0.3) is 5.91 Å². The molecule has 1 aromatic rings. The molecule has 1 aliphatic heterocycles. The molecule has 192 valence electrons.